The van der Waals surface area contributed by atoms with E-state index in [-0.39, 0.29) is 36.0 Å². The minimum Gasteiger partial charge on any atom is -0.434 e. The van der Waals surface area contributed by atoms with Crippen LogP contribution >= 0.6 is 12.4 Å². The van der Waals surface area contributed by atoms with Crippen LogP contribution in [0.3, 0.4) is 0 Å². The summed E-state index contributed by atoms with van der Waals surface area (Å²) < 4.78 is 28.9. The van der Waals surface area contributed by atoms with E-state index in [1.807, 2.05) is 0 Å². The molecule has 1 aliphatic rings. The van der Waals surface area contributed by atoms with E-state index in [1.165, 1.54) is 6.07 Å². The van der Waals surface area contributed by atoms with Crippen LogP contribution in [-0.4, -0.2) is 18.6 Å². The second-order valence-electron chi connectivity index (χ2n) is 5.12. The minimum absolute atomic E-state index is 0. The zero-order valence-corrected chi connectivity index (χ0v) is 12.5. The Hall–Kier alpha value is -1.40. The number of amides is 1. The number of nitrogens with one attached hydrogen (secondary N) is 1. The molecule has 2 atom stereocenters. The Labute approximate surface area is 128 Å². The summed E-state index contributed by atoms with van der Waals surface area (Å²) >= 11 is 0. The van der Waals surface area contributed by atoms with Crippen LogP contribution in [0.4, 0.5) is 14.5 Å². The van der Waals surface area contributed by atoms with Gasteiger partial charge in [0, 0.05) is 23.7 Å². The van der Waals surface area contributed by atoms with Gasteiger partial charge < -0.3 is 15.8 Å². The highest BCUT2D eigenvalue weighted by molar-refractivity contribution is 5.93. The number of benzene rings is 1. The summed E-state index contributed by atoms with van der Waals surface area (Å²) in [6.45, 7) is -1.22. The maximum atomic E-state index is 12.3. The van der Waals surface area contributed by atoms with Crippen LogP contribution in [0.15, 0.2) is 18.2 Å². The van der Waals surface area contributed by atoms with Gasteiger partial charge in [-0.05, 0) is 37.8 Å². The first kappa shape index (κ1) is 17.7. The van der Waals surface area contributed by atoms with Crippen molar-refractivity contribution < 1.29 is 18.3 Å². The highest BCUT2D eigenvalue weighted by Gasteiger charge is 2.27. The lowest BCUT2D eigenvalue weighted by atomic mass is 10.1. The van der Waals surface area contributed by atoms with E-state index >= 15 is 0 Å². The van der Waals surface area contributed by atoms with E-state index in [1.54, 1.807) is 19.1 Å². The molecular formula is C14H19ClF2N2O2. The van der Waals surface area contributed by atoms with Crippen molar-refractivity contribution in [2.45, 2.75) is 38.8 Å². The van der Waals surface area contributed by atoms with Gasteiger partial charge >= 0.3 is 6.61 Å². The first-order valence-electron chi connectivity index (χ1n) is 6.57. The summed E-state index contributed by atoms with van der Waals surface area (Å²) in [5.74, 6) is -0.156. The molecule has 2 rings (SSSR count). The van der Waals surface area contributed by atoms with Crippen molar-refractivity contribution in [3.63, 3.8) is 0 Å². The van der Waals surface area contributed by atoms with Crippen LogP contribution in [-0.2, 0) is 4.79 Å². The van der Waals surface area contributed by atoms with Crippen molar-refractivity contribution in [2.24, 2.45) is 11.7 Å². The smallest absolute Gasteiger partial charge is 0.387 e. The molecule has 0 spiro atoms. The van der Waals surface area contributed by atoms with Crippen LogP contribution in [0.25, 0.3) is 0 Å². The molecule has 3 N–H and O–H groups in total. The number of alkyl halides is 2. The lowest BCUT2D eigenvalue weighted by Gasteiger charge is -2.13. The molecule has 1 amide bonds. The summed E-state index contributed by atoms with van der Waals surface area (Å²) in [4.78, 5) is 12.0. The Morgan fingerprint density at radius 2 is 2.14 bits per heavy atom. The van der Waals surface area contributed by atoms with Gasteiger partial charge in [-0.2, -0.15) is 8.78 Å². The van der Waals surface area contributed by atoms with Crippen LogP contribution < -0.4 is 15.8 Å². The van der Waals surface area contributed by atoms with Crippen LogP contribution in [0, 0.1) is 12.8 Å². The molecule has 0 aromatic heterocycles. The summed E-state index contributed by atoms with van der Waals surface area (Å²) in [6, 6.07) is 4.78. The summed E-state index contributed by atoms with van der Waals surface area (Å²) in [5.41, 5.74) is 6.82. The third kappa shape index (κ3) is 4.82. The third-order valence-corrected chi connectivity index (χ3v) is 3.52. The molecule has 1 saturated carbocycles. The van der Waals surface area contributed by atoms with Gasteiger partial charge in [0.1, 0.15) is 5.75 Å². The number of carbonyl (C=O) groups is 1. The second kappa shape index (κ2) is 7.56. The van der Waals surface area contributed by atoms with Gasteiger partial charge in [0.15, 0.2) is 0 Å². The topological polar surface area (TPSA) is 64.4 Å². The quantitative estimate of drug-likeness (QED) is 0.896. The highest BCUT2D eigenvalue weighted by Crippen LogP contribution is 2.28. The number of carbonyl (C=O) groups excluding carboxylic acids is 1. The summed E-state index contributed by atoms with van der Waals surface area (Å²) in [5, 5.41) is 2.73. The van der Waals surface area contributed by atoms with E-state index in [0.29, 0.717) is 17.7 Å². The van der Waals surface area contributed by atoms with Gasteiger partial charge in [-0.25, -0.2) is 0 Å². The molecule has 0 radical (unpaired) electrons. The van der Waals surface area contributed by atoms with Gasteiger partial charge in [-0.15, -0.1) is 12.4 Å². The molecule has 1 aliphatic carbocycles. The van der Waals surface area contributed by atoms with E-state index in [4.69, 9.17) is 5.73 Å². The molecule has 0 bridgehead atoms. The normalized spacial score (nSPS) is 21.0. The molecule has 0 saturated heterocycles. The summed E-state index contributed by atoms with van der Waals surface area (Å²) in [7, 11) is 0. The van der Waals surface area contributed by atoms with E-state index in [9.17, 15) is 13.6 Å². The second-order valence-corrected chi connectivity index (χ2v) is 5.12. The Morgan fingerprint density at radius 3 is 2.71 bits per heavy atom. The fraction of sp³-hybridized carbons (Fsp3) is 0.500. The number of rotatable bonds is 4. The highest BCUT2D eigenvalue weighted by atomic mass is 35.5. The molecule has 4 nitrogen and oxygen atoms in total. The zero-order chi connectivity index (χ0) is 14.7. The Morgan fingerprint density at radius 1 is 1.43 bits per heavy atom. The molecule has 1 aromatic rings. The molecule has 0 heterocycles. The number of nitrogens with two attached hydrogens (primary N) is 1. The first-order valence-corrected chi connectivity index (χ1v) is 6.57. The predicted octanol–water partition coefficient (Wildman–Crippen LogP) is 3.08. The molecular weight excluding hydrogens is 302 g/mol. The standard InChI is InChI=1S/C14H18F2N2O2.ClH/c1-8-2-5-11(7-12(8)20-14(15)16)18-13(19)9-3-4-10(17)6-9;/h2,5,7,9-10,14H,3-4,6,17H2,1H3,(H,18,19);1H. The van der Waals surface area contributed by atoms with Gasteiger partial charge in [-0.1, -0.05) is 6.07 Å². The first-order chi connectivity index (χ1) is 9.45. The number of anilines is 1. The van der Waals surface area contributed by atoms with E-state index in [2.05, 4.69) is 10.1 Å². The number of hydrogen-bond acceptors (Lipinski definition) is 3. The minimum atomic E-state index is -2.88. The lowest BCUT2D eigenvalue weighted by molar-refractivity contribution is -0.119. The largest absolute Gasteiger partial charge is 0.434 e. The summed E-state index contributed by atoms with van der Waals surface area (Å²) in [6.07, 6.45) is 2.27. The van der Waals surface area contributed by atoms with Crippen LogP contribution in [0.5, 0.6) is 5.75 Å². The van der Waals surface area contributed by atoms with E-state index in [0.717, 1.165) is 12.8 Å². The average molecular weight is 321 g/mol. The maximum absolute atomic E-state index is 12.3. The number of aryl methyl sites for hydroxylation is 1. The number of ether oxygens (including phenoxy) is 1. The Bertz CT molecular complexity index is 500. The average Bonchev–Trinajstić information content (AvgIpc) is 2.79. The number of hydrogen-bond donors (Lipinski definition) is 2. The molecule has 0 aliphatic heterocycles. The fourth-order valence-electron chi connectivity index (χ4n) is 2.40. The SMILES string of the molecule is Cc1ccc(NC(=O)C2CCC(N)C2)cc1OC(F)F.Cl. The predicted molar refractivity (Wildman–Crippen MR) is 79.0 cm³/mol. The lowest BCUT2D eigenvalue weighted by Crippen LogP contribution is -2.23. The van der Waals surface area contributed by atoms with Gasteiger partial charge in [-0.3, -0.25) is 4.79 Å². The van der Waals surface area contributed by atoms with Gasteiger partial charge in [0.05, 0.1) is 0 Å². The van der Waals surface area contributed by atoms with Crippen molar-refractivity contribution in [1.82, 2.24) is 0 Å². The Balaban J connectivity index is 0.00000220. The van der Waals surface area contributed by atoms with Crippen molar-refractivity contribution in [2.75, 3.05) is 5.32 Å². The fourth-order valence-corrected chi connectivity index (χ4v) is 2.40. The zero-order valence-electron chi connectivity index (χ0n) is 11.6. The third-order valence-electron chi connectivity index (χ3n) is 3.52. The molecule has 21 heavy (non-hydrogen) atoms. The Kier molecular flexibility index (Phi) is 6.36. The maximum Gasteiger partial charge on any atom is 0.387 e. The van der Waals surface area contributed by atoms with Gasteiger partial charge in [0.2, 0.25) is 5.91 Å². The molecule has 2 unspecified atom stereocenters. The molecule has 7 heteroatoms. The van der Waals surface area contributed by atoms with E-state index < -0.39 is 6.61 Å². The van der Waals surface area contributed by atoms with Crippen molar-refractivity contribution in [3.8, 4) is 5.75 Å². The van der Waals surface area contributed by atoms with Crippen LogP contribution in [0.2, 0.25) is 0 Å². The van der Waals surface area contributed by atoms with Crippen molar-refractivity contribution in [1.29, 1.82) is 0 Å². The van der Waals surface area contributed by atoms with Crippen molar-refractivity contribution >= 4 is 24.0 Å². The number of halogens is 3. The molecule has 118 valence electrons. The molecule has 1 fully saturated rings. The monoisotopic (exact) mass is 320 g/mol. The van der Waals surface area contributed by atoms with Gasteiger partial charge in [0.25, 0.3) is 0 Å². The van der Waals surface area contributed by atoms with Crippen molar-refractivity contribution in [3.05, 3.63) is 23.8 Å². The van der Waals surface area contributed by atoms with Crippen LogP contribution in [0.1, 0.15) is 24.8 Å². The molecule has 1 aromatic carbocycles.